The molecule has 96 valence electrons. The predicted octanol–water partition coefficient (Wildman–Crippen LogP) is 3.26. The van der Waals surface area contributed by atoms with Gasteiger partial charge >= 0.3 is 0 Å². The van der Waals surface area contributed by atoms with Crippen LogP contribution in [0.15, 0.2) is 38.1 Å². The van der Waals surface area contributed by atoms with E-state index in [1.807, 2.05) is 0 Å². The molecule has 0 saturated heterocycles. The summed E-state index contributed by atoms with van der Waals surface area (Å²) in [5.41, 5.74) is 1.21. The van der Waals surface area contributed by atoms with Crippen molar-refractivity contribution >= 4 is 41.9 Å². The van der Waals surface area contributed by atoms with Crippen LogP contribution in [-0.4, -0.2) is 17.6 Å². The molecule has 2 rings (SSSR count). The number of aryl methyl sites for hydroxylation is 1. The Morgan fingerprint density at radius 3 is 2.11 bits per heavy atom. The topological polar surface area (TPSA) is 52.0 Å². The van der Waals surface area contributed by atoms with Crippen LogP contribution in [0.4, 0.5) is 0 Å². The zero-order valence-electron chi connectivity index (χ0n) is 9.68. The second-order valence-corrected chi connectivity index (χ2v) is 7.26. The van der Waals surface area contributed by atoms with Gasteiger partial charge in [0, 0.05) is 4.47 Å². The molecule has 0 N–H and O–H groups in total. The summed E-state index contributed by atoms with van der Waals surface area (Å²) in [6.07, 6.45) is 0. The van der Waals surface area contributed by atoms with Crippen molar-refractivity contribution in [3.8, 4) is 0 Å². The molecular formula is C11H10Br2N2O2S. The lowest BCUT2D eigenvalue weighted by molar-refractivity contribution is 0.577. The maximum Gasteiger partial charge on any atom is 0.283 e. The summed E-state index contributed by atoms with van der Waals surface area (Å²) < 4.78 is 27.4. The molecule has 0 fully saturated rings. The third kappa shape index (κ3) is 2.26. The number of hydrogen-bond donors (Lipinski definition) is 0. The number of nitrogens with zero attached hydrogens (tertiary/aromatic N) is 2. The van der Waals surface area contributed by atoms with Gasteiger partial charge in [0.25, 0.3) is 10.0 Å². The van der Waals surface area contributed by atoms with E-state index in [0.29, 0.717) is 15.9 Å². The van der Waals surface area contributed by atoms with Crippen molar-refractivity contribution in [2.24, 2.45) is 0 Å². The lowest BCUT2D eigenvalue weighted by Crippen LogP contribution is -2.16. The SMILES string of the molecule is Cc1nn(S(=O)(=O)c2ccc(Br)cc2)c(C)c1Br. The van der Waals surface area contributed by atoms with Gasteiger partial charge in [0.15, 0.2) is 0 Å². The van der Waals surface area contributed by atoms with Crippen molar-refractivity contribution in [1.29, 1.82) is 0 Å². The van der Waals surface area contributed by atoms with E-state index in [2.05, 4.69) is 37.0 Å². The maximum absolute atomic E-state index is 12.4. The molecule has 1 aromatic heterocycles. The van der Waals surface area contributed by atoms with Gasteiger partial charge in [0.2, 0.25) is 0 Å². The van der Waals surface area contributed by atoms with Gasteiger partial charge in [-0.05, 0) is 54.0 Å². The largest absolute Gasteiger partial charge is 0.283 e. The fourth-order valence-corrected chi connectivity index (χ4v) is 3.53. The third-order valence-electron chi connectivity index (χ3n) is 2.50. The molecule has 0 atom stereocenters. The predicted molar refractivity (Wildman–Crippen MR) is 76.1 cm³/mol. The van der Waals surface area contributed by atoms with E-state index >= 15 is 0 Å². The van der Waals surface area contributed by atoms with Crippen molar-refractivity contribution in [3.05, 3.63) is 44.6 Å². The summed E-state index contributed by atoms with van der Waals surface area (Å²) in [5, 5.41) is 4.05. The van der Waals surface area contributed by atoms with Gasteiger partial charge in [-0.25, -0.2) is 0 Å². The first-order chi connectivity index (χ1) is 8.34. The molecule has 0 unspecified atom stereocenters. The van der Waals surface area contributed by atoms with Gasteiger partial charge in [-0.15, -0.1) is 0 Å². The fraction of sp³-hybridized carbons (Fsp3) is 0.182. The van der Waals surface area contributed by atoms with E-state index in [9.17, 15) is 8.42 Å². The Kier molecular flexibility index (Phi) is 3.66. The van der Waals surface area contributed by atoms with E-state index < -0.39 is 10.0 Å². The van der Waals surface area contributed by atoms with E-state index in [4.69, 9.17) is 0 Å². The second kappa shape index (κ2) is 4.79. The van der Waals surface area contributed by atoms with Crippen molar-refractivity contribution in [3.63, 3.8) is 0 Å². The number of halogens is 2. The summed E-state index contributed by atoms with van der Waals surface area (Å²) in [5.74, 6) is 0. The maximum atomic E-state index is 12.4. The van der Waals surface area contributed by atoms with E-state index in [1.54, 1.807) is 38.1 Å². The summed E-state index contributed by atoms with van der Waals surface area (Å²) in [4.78, 5) is 0.212. The van der Waals surface area contributed by atoms with Gasteiger partial charge in [0.05, 0.1) is 20.8 Å². The lowest BCUT2D eigenvalue weighted by atomic mass is 10.4. The molecule has 2 aromatic rings. The smallest absolute Gasteiger partial charge is 0.199 e. The molecule has 0 radical (unpaired) electrons. The molecule has 1 aromatic carbocycles. The molecule has 0 aliphatic carbocycles. The molecule has 18 heavy (non-hydrogen) atoms. The molecule has 0 aliphatic rings. The lowest BCUT2D eigenvalue weighted by Gasteiger charge is -2.06. The molecule has 0 bridgehead atoms. The van der Waals surface area contributed by atoms with Crippen LogP contribution in [-0.2, 0) is 10.0 Å². The van der Waals surface area contributed by atoms with Crippen molar-refractivity contribution in [2.45, 2.75) is 18.7 Å². The second-order valence-electron chi connectivity index (χ2n) is 3.79. The highest BCUT2D eigenvalue weighted by molar-refractivity contribution is 9.10. The number of hydrogen-bond acceptors (Lipinski definition) is 3. The van der Waals surface area contributed by atoms with Crippen LogP contribution in [0.3, 0.4) is 0 Å². The Morgan fingerprint density at radius 2 is 1.67 bits per heavy atom. The Labute approximate surface area is 122 Å². The summed E-state index contributed by atoms with van der Waals surface area (Å²) in [6, 6.07) is 6.47. The molecule has 1 heterocycles. The number of benzene rings is 1. The fourth-order valence-electron chi connectivity index (χ4n) is 1.54. The zero-order chi connectivity index (χ0) is 13.5. The normalized spacial score (nSPS) is 11.8. The van der Waals surface area contributed by atoms with E-state index in [0.717, 1.165) is 8.56 Å². The van der Waals surface area contributed by atoms with Crippen LogP contribution in [0.1, 0.15) is 11.4 Å². The minimum atomic E-state index is -3.63. The van der Waals surface area contributed by atoms with Gasteiger partial charge in [-0.3, -0.25) is 0 Å². The minimum Gasteiger partial charge on any atom is -0.199 e. The standard InChI is InChI=1S/C11H10Br2N2O2S/c1-7-11(13)8(2)15(14-7)18(16,17)10-5-3-9(12)4-6-10/h3-6H,1-2H3. The van der Waals surface area contributed by atoms with E-state index in [1.165, 1.54) is 0 Å². The first kappa shape index (κ1) is 13.8. The third-order valence-corrected chi connectivity index (χ3v) is 5.86. The van der Waals surface area contributed by atoms with Crippen molar-refractivity contribution in [2.75, 3.05) is 0 Å². The van der Waals surface area contributed by atoms with Crippen LogP contribution < -0.4 is 0 Å². The quantitative estimate of drug-likeness (QED) is 0.786. The summed E-state index contributed by atoms with van der Waals surface area (Å²) >= 11 is 6.60. The molecular weight excluding hydrogens is 384 g/mol. The van der Waals surface area contributed by atoms with Crippen LogP contribution in [0.5, 0.6) is 0 Å². The Hall–Kier alpha value is -0.660. The average Bonchev–Trinajstić information content (AvgIpc) is 2.58. The highest BCUT2D eigenvalue weighted by Gasteiger charge is 2.22. The van der Waals surface area contributed by atoms with Crippen LogP contribution in [0.25, 0.3) is 0 Å². The summed E-state index contributed by atoms with van der Waals surface area (Å²) in [7, 11) is -3.63. The molecule has 7 heteroatoms. The molecule has 0 aliphatic heterocycles. The Balaban J connectivity index is 2.61. The average molecular weight is 394 g/mol. The van der Waals surface area contributed by atoms with E-state index in [-0.39, 0.29) is 4.90 Å². The minimum absolute atomic E-state index is 0.212. The Morgan fingerprint density at radius 1 is 1.11 bits per heavy atom. The number of rotatable bonds is 2. The zero-order valence-corrected chi connectivity index (χ0v) is 13.7. The molecule has 0 saturated carbocycles. The van der Waals surface area contributed by atoms with Gasteiger partial charge < -0.3 is 0 Å². The van der Waals surface area contributed by atoms with Crippen LogP contribution in [0.2, 0.25) is 0 Å². The first-order valence-electron chi connectivity index (χ1n) is 5.07. The Bertz CT molecular complexity index is 691. The van der Waals surface area contributed by atoms with Crippen molar-refractivity contribution in [1.82, 2.24) is 9.19 Å². The number of aromatic nitrogens is 2. The first-order valence-corrected chi connectivity index (χ1v) is 8.09. The van der Waals surface area contributed by atoms with Gasteiger partial charge in [-0.2, -0.15) is 17.6 Å². The summed E-state index contributed by atoms with van der Waals surface area (Å²) in [6.45, 7) is 3.46. The molecule has 0 amide bonds. The molecule has 4 nitrogen and oxygen atoms in total. The monoisotopic (exact) mass is 392 g/mol. The van der Waals surface area contributed by atoms with Crippen LogP contribution in [0, 0.1) is 13.8 Å². The van der Waals surface area contributed by atoms with Crippen molar-refractivity contribution < 1.29 is 8.42 Å². The van der Waals surface area contributed by atoms with Gasteiger partial charge in [0.1, 0.15) is 0 Å². The highest BCUT2D eigenvalue weighted by Crippen LogP contribution is 2.24. The van der Waals surface area contributed by atoms with Gasteiger partial charge in [-0.1, -0.05) is 15.9 Å². The van der Waals surface area contributed by atoms with Crippen LogP contribution >= 0.6 is 31.9 Å². The highest BCUT2D eigenvalue weighted by atomic mass is 79.9. The molecule has 0 spiro atoms.